The fourth-order valence-corrected chi connectivity index (χ4v) is 2.49. The molecule has 1 heterocycles. The molecule has 0 fully saturated rings. The van der Waals surface area contributed by atoms with Crippen molar-refractivity contribution < 1.29 is 4.79 Å². The smallest absolute Gasteiger partial charge is 0.251 e. The minimum atomic E-state index is -0.0379. The number of hydrogen-bond acceptors (Lipinski definition) is 3. The number of amides is 1. The van der Waals surface area contributed by atoms with Gasteiger partial charge in [0.2, 0.25) is 0 Å². The fraction of sp³-hybridized carbons (Fsp3) is 0.381. The lowest BCUT2D eigenvalue weighted by molar-refractivity contribution is 0.0939. The summed E-state index contributed by atoms with van der Waals surface area (Å²) < 4.78 is 0. The Morgan fingerprint density at radius 2 is 2.00 bits per heavy atom. The summed E-state index contributed by atoms with van der Waals surface area (Å²) in [5, 5.41) is 9.55. The molecule has 0 saturated carbocycles. The van der Waals surface area contributed by atoms with Gasteiger partial charge in [-0.3, -0.25) is 14.8 Å². The summed E-state index contributed by atoms with van der Waals surface area (Å²) >= 11 is 0. The molecule has 0 saturated heterocycles. The minimum absolute atomic E-state index is 0. The third-order valence-corrected chi connectivity index (χ3v) is 4.26. The molecule has 2 rings (SSSR count). The van der Waals surface area contributed by atoms with Gasteiger partial charge in [0, 0.05) is 50.1 Å². The molecule has 3 N–H and O–H groups in total. The predicted octanol–water partition coefficient (Wildman–Crippen LogP) is 3.14. The first-order chi connectivity index (χ1) is 13.1. The maximum Gasteiger partial charge on any atom is 0.251 e. The molecule has 0 aliphatic rings. The molecule has 152 valence electrons. The second kappa shape index (κ2) is 13.1. The number of aromatic nitrogens is 1. The number of benzene rings is 1. The van der Waals surface area contributed by atoms with Gasteiger partial charge in [0.15, 0.2) is 5.96 Å². The lowest BCUT2D eigenvalue weighted by atomic mass is 10.1. The topological polar surface area (TPSA) is 78.4 Å². The highest BCUT2D eigenvalue weighted by molar-refractivity contribution is 14.0. The largest absolute Gasteiger partial charge is 0.356 e. The second-order valence-corrected chi connectivity index (χ2v) is 6.41. The van der Waals surface area contributed by atoms with Crippen molar-refractivity contribution in [2.24, 2.45) is 4.99 Å². The molecule has 0 aliphatic heterocycles. The molecule has 0 bridgehead atoms. The molecule has 0 spiro atoms. The van der Waals surface area contributed by atoms with E-state index in [1.54, 1.807) is 13.2 Å². The molecule has 1 amide bonds. The summed E-state index contributed by atoms with van der Waals surface area (Å²) in [5.74, 6) is 0.685. The third-order valence-electron chi connectivity index (χ3n) is 4.26. The van der Waals surface area contributed by atoms with Gasteiger partial charge in [-0.05, 0) is 43.2 Å². The minimum Gasteiger partial charge on any atom is -0.356 e. The van der Waals surface area contributed by atoms with Gasteiger partial charge in [-0.15, -0.1) is 24.0 Å². The number of guanidine groups is 1. The molecule has 7 heteroatoms. The molecule has 1 atom stereocenters. The van der Waals surface area contributed by atoms with Crippen LogP contribution in [-0.4, -0.2) is 36.5 Å². The summed E-state index contributed by atoms with van der Waals surface area (Å²) in [5.41, 5.74) is 2.74. The number of nitrogens with zero attached hydrogens (tertiary/aromatic N) is 2. The Morgan fingerprint density at radius 3 is 2.68 bits per heavy atom. The Hall–Kier alpha value is -2.16. The number of carbonyl (C=O) groups is 1. The van der Waals surface area contributed by atoms with Crippen molar-refractivity contribution in [3.8, 4) is 0 Å². The molecule has 6 nitrogen and oxygen atoms in total. The molecule has 0 radical (unpaired) electrons. The van der Waals surface area contributed by atoms with Gasteiger partial charge in [0.25, 0.3) is 5.91 Å². The van der Waals surface area contributed by atoms with Crippen LogP contribution in [0.1, 0.15) is 41.9 Å². The maximum atomic E-state index is 12.3. The average Bonchev–Trinajstić information content (AvgIpc) is 2.71. The zero-order chi connectivity index (χ0) is 19.5. The highest BCUT2D eigenvalue weighted by Gasteiger charge is 2.09. The molecule has 28 heavy (non-hydrogen) atoms. The van der Waals surface area contributed by atoms with Crippen molar-refractivity contribution in [2.45, 2.75) is 39.3 Å². The van der Waals surface area contributed by atoms with Crippen LogP contribution in [0.3, 0.4) is 0 Å². The summed E-state index contributed by atoms with van der Waals surface area (Å²) in [6.45, 7) is 5.39. The van der Waals surface area contributed by atoms with E-state index >= 15 is 0 Å². The Kier molecular flexibility index (Phi) is 11.2. The van der Waals surface area contributed by atoms with Crippen molar-refractivity contribution in [2.75, 3.05) is 13.6 Å². The van der Waals surface area contributed by atoms with Gasteiger partial charge < -0.3 is 16.0 Å². The van der Waals surface area contributed by atoms with Crippen molar-refractivity contribution in [3.05, 3.63) is 65.5 Å². The van der Waals surface area contributed by atoms with E-state index in [9.17, 15) is 4.79 Å². The van der Waals surface area contributed by atoms with Crippen molar-refractivity contribution in [3.63, 3.8) is 0 Å². The van der Waals surface area contributed by atoms with Gasteiger partial charge >= 0.3 is 0 Å². The van der Waals surface area contributed by atoms with Crippen LogP contribution in [0.25, 0.3) is 0 Å². The van der Waals surface area contributed by atoms with Crippen LogP contribution in [0.4, 0.5) is 0 Å². The average molecular weight is 495 g/mol. The molecule has 1 aromatic heterocycles. The van der Waals surface area contributed by atoms with Crippen molar-refractivity contribution >= 4 is 35.8 Å². The van der Waals surface area contributed by atoms with E-state index in [2.05, 4.69) is 32.9 Å². The second-order valence-electron chi connectivity index (χ2n) is 6.41. The van der Waals surface area contributed by atoms with E-state index in [1.807, 2.05) is 49.4 Å². The summed E-state index contributed by atoms with van der Waals surface area (Å²) in [7, 11) is 1.74. The van der Waals surface area contributed by atoms with E-state index in [0.29, 0.717) is 12.1 Å². The molecular formula is C21H30IN5O. The first-order valence-corrected chi connectivity index (χ1v) is 9.36. The van der Waals surface area contributed by atoms with E-state index in [4.69, 9.17) is 0 Å². The third kappa shape index (κ3) is 8.24. The molecule has 2 aromatic rings. The molecule has 0 aliphatic carbocycles. The number of halogens is 1. The predicted molar refractivity (Wildman–Crippen MR) is 125 cm³/mol. The van der Waals surface area contributed by atoms with Crippen molar-refractivity contribution in [1.29, 1.82) is 0 Å². The number of rotatable bonds is 8. The van der Waals surface area contributed by atoms with Crippen LogP contribution in [-0.2, 0) is 13.0 Å². The highest BCUT2D eigenvalue weighted by atomic mass is 127. The lowest BCUT2D eigenvalue weighted by Gasteiger charge is -2.14. The first-order valence-electron chi connectivity index (χ1n) is 9.36. The molecule has 1 aromatic carbocycles. The molecular weight excluding hydrogens is 465 g/mol. The van der Waals surface area contributed by atoms with Crippen LogP contribution < -0.4 is 16.0 Å². The van der Waals surface area contributed by atoms with Crippen LogP contribution in [0.5, 0.6) is 0 Å². The van der Waals surface area contributed by atoms with Gasteiger partial charge in [-0.25, -0.2) is 0 Å². The van der Waals surface area contributed by atoms with E-state index in [0.717, 1.165) is 36.6 Å². The zero-order valence-electron chi connectivity index (χ0n) is 16.7. The lowest BCUT2D eigenvalue weighted by Crippen LogP contribution is -2.38. The normalized spacial score (nSPS) is 11.9. The zero-order valence-corrected chi connectivity index (χ0v) is 19.1. The monoisotopic (exact) mass is 495 g/mol. The standard InChI is InChI=1S/C21H29N5O.HI/c1-4-16(2)26-20(27)18-9-7-8-17(14-18)15-25-21(22-3)24-13-11-19-10-5-6-12-23-19;/h5-10,12,14,16H,4,11,13,15H2,1-3H3,(H,26,27)(H2,22,24,25);1H. The number of carbonyl (C=O) groups excluding carboxylic acids is 1. The SMILES string of the molecule is CCC(C)NC(=O)c1cccc(CNC(=NC)NCCc2ccccn2)c1.I. The number of hydrogen-bond donors (Lipinski definition) is 3. The van der Waals surface area contributed by atoms with Gasteiger partial charge in [0.05, 0.1) is 0 Å². The van der Waals surface area contributed by atoms with E-state index in [1.165, 1.54) is 0 Å². The summed E-state index contributed by atoms with van der Waals surface area (Å²) in [4.78, 5) is 20.8. The van der Waals surface area contributed by atoms with E-state index < -0.39 is 0 Å². The first kappa shape index (κ1) is 23.9. The van der Waals surface area contributed by atoms with Crippen LogP contribution in [0.2, 0.25) is 0 Å². The van der Waals surface area contributed by atoms with Gasteiger partial charge in [-0.2, -0.15) is 0 Å². The summed E-state index contributed by atoms with van der Waals surface area (Å²) in [6.07, 6.45) is 3.53. The Morgan fingerprint density at radius 1 is 1.18 bits per heavy atom. The quantitative estimate of drug-likeness (QED) is 0.299. The molecule has 1 unspecified atom stereocenters. The number of nitrogens with one attached hydrogen (secondary N) is 3. The van der Waals surface area contributed by atoms with Crippen LogP contribution in [0.15, 0.2) is 53.7 Å². The van der Waals surface area contributed by atoms with Gasteiger partial charge in [-0.1, -0.05) is 25.1 Å². The Balaban J connectivity index is 0.00000392. The van der Waals surface area contributed by atoms with E-state index in [-0.39, 0.29) is 35.9 Å². The number of aliphatic imine (C=N–C) groups is 1. The van der Waals surface area contributed by atoms with Crippen LogP contribution in [0, 0.1) is 0 Å². The Labute approximate surface area is 184 Å². The maximum absolute atomic E-state index is 12.3. The van der Waals surface area contributed by atoms with Crippen molar-refractivity contribution in [1.82, 2.24) is 20.9 Å². The Bertz CT molecular complexity index is 751. The number of pyridine rings is 1. The van der Waals surface area contributed by atoms with Crippen LogP contribution >= 0.6 is 24.0 Å². The van der Waals surface area contributed by atoms with Gasteiger partial charge in [0.1, 0.15) is 0 Å². The highest BCUT2D eigenvalue weighted by Crippen LogP contribution is 2.06. The summed E-state index contributed by atoms with van der Waals surface area (Å²) in [6, 6.07) is 13.7. The fourth-order valence-electron chi connectivity index (χ4n) is 2.49.